The minimum atomic E-state index is -4.23. The zero-order chi connectivity index (χ0) is 14.3. The molecule has 0 aromatic heterocycles. The standard InChI is InChI=1S/C13H18F3NOS/c1-10(9-18-2)7-17-8-11-3-5-12(6-4-11)19-13(14,15)16/h3-6,10,17H,7-9H2,1-2H3. The molecule has 1 N–H and O–H groups in total. The highest BCUT2D eigenvalue weighted by atomic mass is 32.2. The molecule has 2 nitrogen and oxygen atoms in total. The van der Waals surface area contributed by atoms with Crippen LogP contribution in [0.5, 0.6) is 0 Å². The van der Waals surface area contributed by atoms with Crippen molar-refractivity contribution in [2.45, 2.75) is 23.9 Å². The second kappa shape index (κ2) is 7.77. The van der Waals surface area contributed by atoms with Gasteiger partial charge in [0.25, 0.3) is 0 Å². The van der Waals surface area contributed by atoms with Crippen LogP contribution in [0.1, 0.15) is 12.5 Å². The lowest BCUT2D eigenvalue weighted by Crippen LogP contribution is -2.23. The Hall–Kier alpha value is -0.720. The van der Waals surface area contributed by atoms with E-state index in [1.54, 1.807) is 19.2 Å². The molecule has 0 fully saturated rings. The molecule has 1 unspecified atom stereocenters. The summed E-state index contributed by atoms with van der Waals surface area (Å²) in [6.07, 6.45) is 0. The van der Waals surface area contributed by atoms with Crippen molar-refractivity contribution in [2.75, 3.05) is 20.3 Å². The van der Waals surface area contributed by atoms with Gasteiger partial charge in [-0.2, -0.15) is 13.2 Å². The fourth-order valence-corrected chi connectivity index (χ4v) is 2.15. The van der Waals surface area contributed by atoms with E-state index >= 15 is 0 Å². The summed E-state index contributed by atoms with van der Waals surface area (Å²) in [7, 11) is 1.66. The average molecular weight is 293 g/mol. The van der Waals surface area contributed by atoms with Crippen molar-refractivity contribution in [1.82, 2.24) is 5.32 Å². The van der Waals surface area contributed by atoms with Crippen LogP contribution in [-0.4, -0.2) is 25.8 Å². The minimum absolute atomic E-state index is 0.0922. The van der Waals surface area contributed by atoms with Crippen LogP contribution in [0.25, 0.3) is 0 Å². The smallest absolute Gasteiger partial charge is 0.384 e. The zero-order valence-electron chi connectivity index (χ0n) is 11.0. The Morgan fingerprint density at radius 2 is 1.89 bits per heavy atom. The first-order valence-electron chi connectivity index (χ1n) is 5.95. The fraction of sp³-hybridized carbons (Fsp3) is 0.538. The van der Waals surface area contributed by atoms with E-state index in [1.165, 1.54) is 12.1 Å². The number of benzene rings is 1. The van der Waals surface area contributed by atoms with Gasteiger partial charge in [-0.15, -0.1) is 0 Å². The fourth-order valence-electron chi connectivity index (χ4n) is 1.62. The molecule has 1 aromatic rings. The van der Waals surface area contributed by atoms with Gasteiger partial charge < -0.3 is 10.1 Å². The second-order valence-corrected chi connectivity index (χ2v) is 5.52. The van der Waals surface area contributed by atoms with Crippen LogP contribution in [-0.2, 0) is 11.3 Å². The Balaban J connectivity index is 2.36. The molecule has 0 heterocycles. The number of thioether (sulfide) groups is 1. The summed E-state index contributed by atoms with van der Waals surface area (Å²) in [6, 6.07) is 6.41. The highest BCUT2D eigenvalue weighted by molar-refractivity contribution is 8.00. The molecule has 0 saturated heterocycles. The van der Waals surface area contributed by atoms with Gasteiger partial charge in [-0.05, 0) is 35.4 Å². The molecule has 0 saturated carbocycles. The van der Waals surface area contributed by atoms with E-state index in [1.807, 2.05) is 0 Å². The average Bonchev–Trinajstić information content (AvgIpc) is 2.30. The van der Waals surface area contributed by atoms with Gasteiger partial charge in [-0.25, -0.2) is 0 Å². The number of methoxy groups -OCH3 is 1. The Bertz CT molecular complexity index is 367. The van der Waals surface area contributed by atoms with Crippen molar-refractivity contribution in [3.8, 4) is 0 Å². The number of nitrogens with one attached hydrogen (secondary N) is 1. The minimum Gasteiger partial charge on any atom is -0.384 e. The number of halogens is 3. The first kappa shape index (κ1) is 16.3. The van der Waals surface area contributed by atoms with Gasteiger partial charge in [0.1, 0.15) is 0 Å². The van der Waals surface area contributed by atoms with Crippen molar-refractivity contribution in [3.63, 3.8) is 0 Å². The first-order chi connectivity index (χ1) is 8.90. The number of rotatable bonds is 7. The molecule has 0 radical (unpaired) electrons. The third-order valence-electron chi connectivity index (χ3n) is 2.43. The summed E-state index contributed by atoms with van der Waals surface area (Å²) < 4.78 is 41.5. The summed E-state index contributed by atoms with van der Waals surface area (Å²) >= 11 is -0.0922. The zero-order valence-corrected chi connectivity index (χ0v) is 11.8. The van der Waals surface area contributed by atoms with Crippen LogP contribution < -0.4 is 5.32 Å². The quantitative estimate of drug-likeness (QED) is 0.775. The van der Waals surface area contributed by atoms with Crippen LogP contribution >= 0.6 is 11.8 Å². The van der Waals surface area contributed by atoms with E-state index in [-0.39, 0.29) is 16.7 Å². The van der Waals surface area contributed by atoms with Gasteiger partial charge >= 0.3 is 5.51 Å². The van der Waals surface area contributed by atoms with Gasteiger partial charge in [-0.1, -0.05) is 19.1 Å². The summed E-state index contributed by atoms with van der Waals surface area (Å²) in [5.41, 5.74) is -3.26. The summed E-state index contributed by atoms with van der Waals surface area (Å²) in [5.74, 6) is 0.407. The molecule has 1 aromatic carbocycles. The first-order valence-corrected chi connectivity index (χ1v) is 6.76. The van der Waals surface area contributed by atoms with Gasteiger partial charge in [0.2, 0.25) is 0 Å². The van der Waals surface area contributed by atoms with Crippen LogP contribution in [0.15, 0.2) is 29.2 Å². The molecule has 6 heteroatoms. The lowest BCUT2D eigenvalue weighted by atomic mass is 10.2. The van der Waals surface area contributed by atoms with Crippen molar-refractivity contribution in [1.29, 1.82) is 0 Å². The molecule has 0 aliphatic rings. The van der Waals surface area contributed by atoms with E-state index in [2.05, 4.69) is 12.2 Å². The topological polar surface area (TPSA) is 21.3 Å². The van der Waals surface area contributed by atoms with Gasteiger partial charge in [0, 0.05) is 31.7 Å². The third-order valence-corrected chi connectivity index (χ3v) is 3.17. The Morgan fingerprint density at radius 1 is 1.26 bits per heavy atom. The van der Waals surface area contributed by atoms with Crippen LogP contribution in [0.3, 0.4) is 0 Å². The predicted molar refractivity (Wildman–Crippen MR) is 71.1 cm³/mol. The highest BCUT2D eigenvalue weighted by Crippen LogP contribution is 2.36. The van der Waals surface area contributed by atoms with Gasteiger partial charge in [0.15, 0.2) is 0 Å². The van der Waals surface area contributed by atoms with E-state index < -0.39 is 5.51 Å². The largest absolute Gasteiger partial charge is 0.446 e. The summed E-state index contributed by atoms with van der Waals surface area (Å²) in [6.45, 7) is 4.21. The van der Waals surface area contributed by atoms with Crippen molar-refractivity contribution in [2.24, 2.45) is 5.92 Å². The van der Waals surface area contributed by atoms with E-state index in [0.717, 1.165) is 12.1 Å². The summed E-state index contributed by atoms with van der Waals surface area (Å²) in [5, 5.41) is 3.24. The third kappa shape index (κ3) is 7.44. The van der Waals surface area contributed by atoms with Crippen LogP contribution in [0, 0.1) is 5.92 Å². The van der Waals surface area contributed by atoms with Crippen LogP contribution in [0.2, 0.25) is 0 Å². The molecule has 0 aliphatic carbocycles. The Kier molecular flexibility index (Phi) is 6.68. The number of ether oxygens (including phenoxy) is 1. The molecular weight excluding hydrogens is 275 g/mol. The lowest BCUT2D eigenvalue weighted by Gasteiger charge is -2.11. The highest BCUT2D eigenvalue weighted by Gasteiger charge is 2.28. The molecule has 108 valence electrons. The molecule has 1 rings (SSSR count). The van der Waals surface area contributed by atoms with E-state index in [9.17, 15) is 13.2 Å². The molecule has 0 spiro atoms. The van der Waals surface area contributed by atoms with Gasteiger partial charge in [0.05, 0.1) is 0 Å². The molecule has 19 heavy (non-hydrogen) atoms. The molecule has 0 amide bonds. The SMILES string of the molecule is COCC(C)CNCc1ccc(SC(F)(F)F)cc1. The maximum atomic E-state index is 12.1. The number of hydrogen-bond donors (Lipinski definition) is 1. The predicted octanol–water partition coefficient (Wildman–Crippen LogP) is 3.67. The van der Waals surface area contributed by atoms with Crippen molar-refractivity contribution < 1.29 is 17.9 Å². The molecule has 0 aliphatic heterocycles. The number of hydrogen-bond acceptors (Lipinski definition) is 3. The van der Waals surface area contributed by atoms with Crippen molar-refractivity contribution in [3.05, 3.63) is 29.8 Å². The summed E-state index contributed by atoms with van der Waals surface area (Å²) in [4.78, 5) is 0.212. The molecule has 0 bridgehead atoms. The van der Waals surface area contributed by atoms with Gasteiger partial charge in [-0.3, -0.25) is 0 Å². The molecular formula is C13H18F3NOS. The molecule has 1 atom stereocenters. The lowest BCUT2D eigenvalue weighted by molar-refractivity contribution is -0.0328. The van der Waals surface area contributed by atoms with Crippen molar-refractivity contribution >= 4 is 11.8 Å². The normalized spacial score (nSPS) is 13.5. The Morgan fingerprint density at radius 3 is 2.42 bits per heavy atom. The second-order valence-electron chi connectivity index (χ2n) is 4.38. The van der Waals surface area contributed by atoms with E-state index in [4.69, 9.17) is 4.74 Å². The Labute approximate surface area is 115 Å². The number of alkyl halides is 3. The maximum Gasteiger partial charge on any atom is 0.446 e. The monoisotopic (exact) mass is 293 g/mol. The van der Waals surface area contributed by atoms with E-state index in [0.29, 0.717) is 19.1 Å². The van der Waals surface area contributed by atoms with Crippen LogP contribution in [0.4, 0.5) is 13.2 Å². The maximum absolute atomic E-state index is 12.1.